The highest BCUT2D eigenvalue weighted by Crippen LogP contribution is 2.29. The summed E-state index contributed by atoms with van der Waals surface area (Å²) in [4.78, 5) is 20.4. The zero-order valence-corrected chi connectivity index (χ0v) is 19.4. The van der Waals surface area contributed by atoms with E-state index in [2.05, 4.69) is 50.2 Å². The second kappa shape index (κ2) is 9.77. The summed E-state index contributed by atoms with van der Waals surface area (Å²) in [5.74, 6) is 0.0551. The van der Waals surface area contributed by atoms with Crippen LogP contribution in [0.2, 0.25) is 0 Å². The molecule has 1 N–H and O–H groups in total. The molecule has 2 aromatic heterocycles. The summed E-state index contributed by atoms with van der Waals surface area (Å²) in [6.07, 6.45) is 1.78. The molecule has 3 aromatic rings. The smallest absolute Gasteiger partial charge is 0.255 e. The van der Waals surface area contributed by atoms with Gasteiger partial charge in [-0.05, 0) is 39.3 Å². The van der Waals surface area contributed by atoms with Gasteiger partial charge < -0.3 is 10.2 Å². The number of rotatable bonds is 3. The lowest BCUT2D eigenvalue weighted by Crippen LogP contribution is -2.52. The highest BCUT2D eigenvalue weighted by atomic mass is 35.5. The molecule has 1 aliphatic heterocycles. The van der Waals surface area contributed by atoms with Gasteiger partial charge in [-0.2, -0.15) is 5.10 Å². The van der Waals surface area contributed by atoms with E-state index in [1.165, 1.54) is 0 Å². The number of nitrogens with zero attached hydrogens (tertiary/aromatic N) is 4. The van der Waals surface area contributed by atoms with E-state index >= 15 is 0 Å². The van der Waals surface area contributed by atoms with Gasteiger partial charge in [0.05, 0.1) is 22.8 Å². The Morgan fingerprint density at radius 3 is 2.63 bits per heavy atom. The Balaban J connectivity index is 0.00000160. The van der Waals surface area contributed by atoms with E-state index in [1.54, 1.807) is 6.20 Å². The van der Waals surface area contributed by atoms with Crippen molar-refractivity contribution >= 4 is 41.8 Å². The number of benzene rings is 1. The van der Waals surface area contributed by atoms with Crippen LogP contribution in [-0.4, -0.2) is 51.2 Å². The number of hydrogen-bond donors (Lipinski definition) is 1. The van der Waals surface area contributed by atoms with E-state index < -0.39 is 0 Å². The molecule has 162 valence electrons. The van der Waals surface area contributed by atoms with Crippen molar-refractivity contribution in [3.63, 3.8) is 0 Å². The summed E-state index contributed by atoms with van der Waals surface area (Å²) in [6, 6.07) is 10.4. The Morgan fingerprint density at radius 1 is 1.23 bits per heavy atom. The van der Waals surface area contributed by atoms with Gasteiger partial charge in [-0.15, -0.1) is 24.8 Å². The van der Waals surface area contributed by atoms with Crippen LogP contribution in [0.3, 0.4) is 0 Å². The molecule has 0 spiro atoms. The van der Waals surface area contributed by atoms with Gasteiger partial charge in [-0.25, -0.2) is 9.67 Å². The Kier molecular flexibility index (Phi) is 7.86. The van der Waals surface area contributed by atoms with E-state index in [0.29, 0.717) is 12.1 Å². The van der Waals surface area contributed by atoms with E-state index in [4.69, 9.17) is 4.98 Å². The molecule has 3 heterocycles. The first-order chi connectivity index (χ1) is 13.5. The molecule has 0 radical (unpaired) electrons. The summed E-state index contributed by atoms with van der Waals surface area (Å²) in [5, 5.41) is 8.70. The SMILES string of the molecule is Cc1ccccc1-c1cc(C(=O)N2CCNC[C@H]2C)c2cnn(C(C)C)c2n1.Cl.Cl. The second-order valence-electron chi connectivity index (χ2n) is 7.84. The van der Waals surface area contributed by atoms with Crippen molar-refractivity contribution in [2.24, 2.45) is 0 Å². The standard InChI is InChI=1S/C22H27N5O.2ClH/c1-14(2)27-21-19(13-24-27)18(22(28)26-10-9-23-12-16(26)4)11-20(25-21)17-8-6-5-7-15(17)3;;/h5-8,11,13-14,16,23H,9-10,12H2,1-4H3;2*1H/t16-;;/m1../s1. The van der Waals surface area contributed by atoms with Crippen molar-refractivity contribution in [2.45, 2.75) is 39.8 Å². The van der Waals surface area contributed by atoms with Crippen molar-refractivity contribution < 1.29 is 4.79 Å². The first-order valence-corrected chi connectivity index (χ1v) is 9.93. The molecule has 1 aromatic carbocycles. The summed E-state index contributed by atoms with van der Waals surface area (Å²) in [5.41, 5.74) is 4.45. The van der Waals surface area contributed by atoms with Crippen molar-refractivity contribution in [3.05, 3.63) is 47.7 Å². The van der Waals surface area contributed by atoms with E-state index in [0.717, 1.165) is 40.9 Å². The molecule has 1 fully saturated rings. The number of halogens is 2. The van der Waals surface area contributed by atoms with Gasteiger partial charge >= 0.3 is 0 Å². The molecule has 1 saturated heterocycles. The van der Waals surface area contributed by atoms with Crippen LogP contribution in [0.15, 0.2) is 36.5 Å². The molecule has 1 amide bonds. The minimum Gasteiger partial charge on any atom is -0.333 e. The Hall–Kier alpha value is -2.15. The molecule has 1 aliphatic rings. The maximum atomic E-state index is 13.5. The number of aromatic nitrogens is 3. The van der Waals surface area contributed by atoms with Crippen LogP contribution in [0.25, 0.3) is 22.3 Å². The lowest BCUT2D eigenvalue weighted by Gasteiger charge is -2.34. The van der Waals surface area contributed by atoms with Gasteiger partial charge in [0.25, 0.3) is 5.91 Å². The predicted octanol–water partition coefficient (Wildman–Crippen LogP) is 4.27. The van der Waals surface area contributed by atoms with Gasteiger partial charge in [0, 0.05) is 37.3 Å². The Morgan fingerprint density at radius 2 is 1.97 bits per heavy atom. The minimum absolute atomic E-state index is 0. The monoisotopic (exact) mass is 449 g/mol. The number of hydrogen-bond acceptors (Lipinski definition) is 4. The van der Waals surface area contributed by atoms with Crippen molar-refractivity contribution in [2.75, 3.05) is 19.6 Å². The highest BCUT2D eigenvalue weighted by Gasteiger charge is 2.27. The first kappa shape index (κ1) is 24.1. The Labute approximate surface area is 189 Å². The van der Waals surface area contributed by atoms with Crippen LogP contribution in [0.5, 0.6) is 0 Å². The molecular weight excluding hydrogens is 421 g/mol. The number of piperazine rings is 1. The minimum atomic E-state index is 0. The number of aryl methyl sites for hydroxylation is 1. The quantitative estimate of drug-likeness (QED) is 0.648. The normalized spacial score (nSPS) is 16.3. The lowest BCUT2D eigenvalue weighted by molar-refractivity contribution is 0.0658. The fourth-order valence-electron chi connectivity index (χ4n) is 3.87. The summed E-state index contributed by atoms with van der Waals surface area (Å²) in [7, 11) is 0. The zero-order valence-electron chi connectivity index (χ0n) is 17.8. The van der Waals surface area contributed by atoms with Crippen LogP contribution in [0, 0.1) is 6.92 Å². The lowest BCUT2D eigenvalue weighted by atomic mass is 10.0. The number of nitrogens with one attached hydrogen (secondary N) is 1. The van der Waals surface area contributed by atoms with Crippen LogP contribution in [0.4, 0.5) is 0 Å². The number of fused-ring (bicyclic) bond motifs is 1. The second-order valence-corrected chi connectivity index (χ2v) is 7.84. The molecule has 0 aliphatic carbocycles. The number of carbonyl (C=O) groups excluding carboxylic acids is 1. The van der Waals surface area contributed by atoms with E-state index in [-0.39, 0.29) is 42.8 Å². The maximum absolute atomic E-state index is 13.5. The first-order valence-electron chi connectivity index (χ1n) is 9.93. The highest BCUT2D eigenvalue weighted by molar-refractivity contribution is 6.06. The molecule has 0 unspecified atom stereocenters. The maximum Gasteiger partial charge on any atom is 0.255 e. The Bertz CT molecular complexity index is 1030. The van der Waals surface area contributed by atoms with E-state index in [1.807, 2.05) is 27.8 Å². The molecule has 8 heteroatoms. The number of carbonyl (C=O) groups is 1. The molecule has 1 atom stereocenters. The third-order valence-electron chi connectivity index (χ3n) is 5.47. The van der Waals surface area contributed by atoms with Gasteiger partial charge in [-0.1, -0.05) is 24.3 Å². The fraction of sp³-hybridized carbons (Fsp3) is 0.409. The zero-order chi connectivity index (χ0) is 19.8. The number of pyridine rings is 1. The van der Waals surface area contributed by atoms with Crippen molar-refractivity contribution in [1.82, 2.24) is 25.0 Å². The third-order valence-corrected chi connectivity index (χ3v) is 5.47. The van der Waals surface area contributed by atoms with Crippen molar-refractivity contribution in [1.29, 1.82) is 0 Å². The van der Waals surface area contributed by atoms with Crippen LogP contribution < -0.4 is 5.32 Å². The average molecular weight is 450 g/mol. The van der Waals surface area contributed by atoms with Gasteiger partial charge in [0.1, 0.15) is 0 Å². The summed E-state index contributed by atoms with van der Waals surface area (Å²) < 4.78 is 1.90. The topological polar surface area (TPSA) is 63.1 Å². The molecule has 4 rings (SSSR count). The summed E-state index contributed by atoms with van der Waals surface area (Å²) in [6.45, 7) is 10.7. The largest absolute Gasteiger partial charge is 0.333 e. The molecule has 0 saturated carbocycles. The third kappa shape index (κ3) is 4.31. The fourth-order valence-corrected chi connectivity index (χ4v) is 3.87. The van der Waals surface area contributed by atoms with Crippen LogP contribution in [0.1, 0.15) is 42.7 Å². The molecular formula is C22H29Cl2N5O. The molecule has 30 heavy (non-hydrogen) atoms. The van der Waals surface area contributed by atoms with E-state index in [9.17, 15) is 4.79 Å². The molecule has 6 nitrogen and oxygen atoms in total. The van der Waals surface area contributed by atoms with Gasteiger partial charge in [0.15, 0.2) is 5.65 Å². The van der Waals surface area contributed by atoms with Gasteiger partial charge in [0.2, 0.25) is 0 Å². The predicted molar refractivity (Wildman–Crippen MR) is 126 cm³/mol. The van der Waals surface area contributed by atoms with Gasteiger partial charge in [-0.3, -0.25) is 4.79 Å². The van der Waals surface area contributed by atoms with Crippen LogP contribution in [-0.2, 0) is 0 Å². The summed E-state index contributed by atoms with van der Waals surface area (Å²) >= 11 is 0. The average Bonchev–Trinajstić information content (AvgIpc) is 3.12. The molecule has 0 bridgehead atoms. The number of amides is 1. The van der Waals surface area contributed by atoms with Crippen molar-refractivity contribution in [3.8, 4) is 11.3 Å². The van der Waals surface area contributed by atoms with Crippen LogP contribution >= 0.6 is 24.8 Å².